The molecule has 2 rings (SSSR count). The van der Waals surface area contributed by atoms with Crippen LogP contribution < -0.4 is 10.6 Å². The molecule has 0 saturated heterocycles. The summed E-state index contributed by atoms with van der Waals surface area (Å²) in [5, 5.41) is 4.60. The quantitative estimate of drug-likeness (QED) is 0.548. The second-order valence-electron chi connectivity index (χ2n) is 2.59. The van der Waals surface area contributed by atoms with Gasteiger partial charge in [-0.25, -0.2) is 0 Å². The maximum absolute atomic E-state index is 3.32. The fourth-order valence-corrected chi connectivity index (χ4v) is 1.62. The normalized spacial score (nSPS) is 14.5. The van der Waals surface area contributed by atoms with Crippen molar-refractivity contribution in [2.75, 3.05) is 11.9 Å². The van der Waals surface area contributed by atoms with E-state index in [4.69, 9.17) is 0 Å². The van der Waals surface area contributed by atoms with Crippen LogP contribution in [-0.2, 0) is 6.42 Å². The highest BCUT2D eigenvalue weighted by atomic mass is 31.0. The van der Waals surface area contributed by atoms with Gasteiger partial charge in [-0.05, 0) is 29.4 Å². The molecule has 0 spiro atoms. The van der Waals surface area contributed by atoms with E-state index in [1.165, 1.54) is 23.0 Å². The smallest absolute Gasteiger partial charge is 0.0373 e. The summed E-state index contributed by atoms with van der Waals surface area (Å²) in [7, 11) is 2.72. The first-order valence-corrected chi connectivity index (χ1v) is 4.06. The minimum Gasteiger partial charge on any atom is -0.384 e. The first-order chi connectivity index (χ1) is 4.86. The SMILES string of the molecule is Pc1ccc2c(c1)CCN2. The molecule has 1 aromatic carbocycles. The molecule has 0 saturated carbocycles. The second kappa shape index (κ2) is 2.25. The molecule has 1 aliphatic heterocycles. The lowest BCUT2D eigenvalue weighted by Crippen LogP contribution is -1.91. The summed E-state index contributed by atoms with van der Waals surface area (Å²) >= 11 is 0. The average molecular weight is 151 g/mol. The highest BCUT2D eigenvalue weighted by Crippen LogP contribution is 2.20. The fourth-order valence-electron chi connectivity index (χ4n) is 1.32. The summed E-state index contributed by atoms with van der Waals surface area (Å²) in [5.74, 6) is 0. The van der Waals surface area contributed by atoms with E-state index < -0.39 is 0 Å². The van der Waals surface area contributed by atoms with E-state index in [0.717, 1.165) is 6.54 Å². The molecule has 0 bridgehead atoms. The van der Waals surface area contributed by atoms with E-state index in [1.807, 2.05) is 0 Å². The molecule has 1 aliphatic rings. The maximum atomic E-state index is 3.32. The third kappa shape index (κ3) is 0.911. The maximum Gasteiger partial charge on any atom is 0.0373 e. The lowest BCUT2D eigenvalue weighted by molar-refractivity contribution is 1.11. The molecular weight excluding hydrogens is 141 g/mol. The largest absolute Gasteiger partial charge is 0.384 e. The number of benzene rings is 1. The third-order valence-electron chi connectivity index (χ3n) is 1.84. The molecule has 1 nitrogen and oxygen atoms in total. The van der Waals surface area contributed by atoms with Crippen molar-refractivity contribution in [2.24, 2.45) is 0 Å². The van der Waals surface area contributed by atoms with Gasteiger partial charge in [0.15, 0.2) is 0 Å². The van der Waals surface area contributed by atoms with Crippen LogP contribution in [0.5, 0.6) is 0 Å². The van der Waals surface area contributed by atoms with Crippen LogP contribution in [-0.4, -0.2) is 6.54 Å². The van der Waals surface area contributed by atoms with Crippen LogP contribution in [0.3, 0.4) is 0 Å². The van der Waals surface area contributed by atoms with E-state index in [-0.39, 0.29) is 0 Å². The number of hydrogen-bond donors (Lipinski definition) is 1. The first kappa shape index (κ1) is 6.18. The van der Waals surface area contributed by atoms with Gasteiger partial charge < -0.3 is 5.32 Å². The molecule has 2 heteroatoms. The lowest BCUT2D eigenvalue weighted by Gasteiger charge is -1.98. The van der Waals surface area contributed by atoms with Gasteiger partial charge in [-0.1, -0.05) is 6.07 Å². The van der Waals surface area contributed by atoms with Crippen LogP contribution in [0.1, 0.15) is 5.56 Å². The summed E-state index contributed by atoms with van der Waals surface area (Å²) in [6, 6.07) is 6.48. The molecule has 1 unspecified atom stereocenters. The van der Waals surface area contributed by atoms with Gasteiger partial charge in [0.25, 0.3) is 0 Å². The van der Waals surface area contributed by atoms with Gasteiger partial charge in [-0.2, -0.15) is 0 Å². The Morgan fingerprint density at radius 3 is 3.20 bits per heavy atom. The van der Waals surface area contributed by atoms with Gasteiger partial charge in [-0.15, -0.1) is 9.24 Å². The highest BCUT2D eigenvalue weighted by molar-refractivity contribution is 7.27. The monoisotopic (exact) mass is 151 g/mol. The van der Waals surface area contributed by atoms with Crippen molar-refractivity contribution in [3.63, 3.8) is 0 Å². The molecule has 0 fully saturated rings. The van der Waals surface area contributed by atoms with Crippen LogP contribution in [0.2, 0.25) is 0 Å². The predicted molar refractivity (Wildman–Crippen MR) is 48.0 cm³/mol. The number of nitrogens with one attached hydrogen (secondary N) is 1. The first-order valence-electron chi connectivity index (χ1n) is 3.48. The molecule has 52 valence electrons. The van der Waals surface area contributed by atoms with E-state index in [0.29, 0.717) is 0 Å². The minimum atomic E-state index is 1.10. The molecule has 10 heavy (non-hydrogen) atoms. The molecular formula is C8H10NP. The standard InChI is InChI=1S/C8H10NP/c10-7-1-2-8-6(5-7)3-4-9-8/h1-2,5,9H,3-4,10H2. The van der Waals surface area contributed by atoms with Crippen LogP contribution >= 0.6 is 9.24 Å². The van der Waals surface area contributed by atoms with Crippen molar-refractivity contribution in [1.82, 2.24) is 0 Å². The van der Waals surface area contributed by atoms with Crippen LogP contribution in [0.15, 0.2) is 18.2 Å². The second-order valence-corrected chi connectivity index (χ2v) is 3.26. The van der Waals surface area contributed by atoms with Crippen LogP contribution in [0.25, 0.3) is 0 Å². The van der Waals surface area contributed by atoms with Crippen LogP contribution in [0.4, 0.5) is 5.69 Å². The van der Waals surface area contributed by atoms with Gasteiger partial charge in [0.2, 0.25) is 0 Å². The summed E-state index contributed by atoms with van der Waals surface area (Å²) < 4.78 is 0. The van der Waals surface area contributed by atoms with Crippen molar-refractivity contribution in [3.05, 3.63) is 23.8 Å². The number of fused-ring (bicyclic) bond motifs is 1. The lowest BCUT2D eigenvalue weighted by atomic mass is 10.2. The van der Waals surface area contributed by atoms with Gasteiger partial charge in [-0.3, -0.25) is 0 Å². The zero-order valence-electron chi connectivity index (χ0n) is 5.72. The average Bonchev–Trinajstić information content (AvgIpc) is 2.33. The Bertz CT molecular complexity index is 257. The minimum absolute atomic E-state index is 1.10. The number of anilines is 1. The Hall–Kier alpha value is -0.550. The third-order valence-corrected chi connectivity index (χ3v) is 2.20. The Labute approximate surface area is 63.0 Å². The van der Waals surface area contributed by atoms with E-state index in [1.54, 1.807) is 0 Å². The van der Waals surface area contributed by atoms with E-state index in [9.17, 15) is 0 Å². The van der Waals surface area contributed by atoms with E-state index in [2.05, 4.69) is 32.8 Å². The fraction of sp³-hybridized carbons (Fsp3) is 0.250. The molecule has 0 radical (unpaired) electrons. The zero-order valence-corrected chi connectivity index (χ0v) is 6.88. The summed E-state index contributed by atoms with van der Waals surface area (Å²) in [4.78, 5) is 0. The molecule has 1 aromatic rings. The molecule has 1 heterocycles. The van der Waals surface area contributed by atoms with Crippen molar-refractivity contribution < 1.29 is 0 Å². The van der Waals surface area contributed by atoms with Gasteiger partial charge >= 0.3 is 0 Å². The Balaban J connectivity index is 2.52. The van der Waals surface area contributed by atoms with Crippen molar-refractivity contribution >= 4 is 20.2 Å². The Morgan fingerprint density at radius 2 is 2.30 bits per heavy atom. The van der Waals surface area contributed by atoms with Gasteiger partial charge in [0.1, 0.15) is 0 Å². The van der Waals surface area contributed by atoms with Crippen molar-refractivity contribution in [1.29, 1.82) is 0 Å². The number of hydrogen-bond acceptors (Lipinski definition) is 1. The van der Waals surface area contributed by atoms with Gasteiger partial charge in [0, 0.05) is 12.2 Å². The van der Waals surface area contributed by atoms with Crippen molar-refractivity contribution in [2.45, 2.75) is 6.42 Å². The summed E-state index contributed by atoms with van der Waals surface area (Å²) in [6.07, 6.45) is 1.18. The summed E-state index contributed by atoms with van der Waals surface area (Å²) in [5.41, 5.74) is 2.76. The molecule has 1 atom stereocenters. The van der Waals surface area contributed by atoms with E-state index >= 15 is 0 Å². The van der Waals surface area contributed by atoms with Crippen molar-refractivity contribution in [3.8, 4) is 0 Å². The molecule has 1 N–H and O–H groups in total. The predicted octanol–water partition coefficient (Wildman–Crippen LogP) is 1.15. The Kier molecular flexibility index (Phi) is 1.39. The molecule has 0 aromatic heterocycles. The van der Waals surface area contributed by atoms with Gasteiger partial charge in [0.05, 0.1) is 0 Å². The topological polar surface area (TPSA) is 12.0 Å². The highest BCUT2D eigenvalue weighted by Gasteiger charge is 2.07. The summed E-state index contributed by atoms with van der Waals surface area (Å²) in [6.45, 7) is 1.10. The molecule has 0 amide bonds. The number of rotatable bonds is 0. The Morgan fingerprint density at radius 1 is 1.40 bits per heavy atom. The zero-order chi connectivity index (χ0) is 6.97. The van der Waals surface area contributed by atoms with Crippen LogP contribution in [0, 0.1) is 0 Å². The molecule has 0 aliphatic carbocycles.